The zero-order valence-electron chi connectivity index (χ0n) is 11.7. The van der Waals surface area contributed by atoms with Crippen LogP contribution in [0.3, 0.4) is 0 Å². The Morgan fingerprint density at radius 2 is 2.00 bits per heavy atom. The van der Waals surface area contributed by atoms with Crippen LogP contribution in [0.4, 0.5) is 5.69 Å². The molecule has 2 rings (SSSR count). The molecule has 0 radical (unpaired) electrons. The Kier molecular flexibility index (Phi) is 4.84. The normalized spacial score (nSPS) is 10.2. The minimum Gasteiger partial charge on any atom is -0.493 e. The molecule has 2 aromatic rings. The smallest absolute Gasteiger partial charge is 0.184 e. The van der Waals surface area contributed by atoms with Crippen molar-refractivity contribution < 1.29 is 9.47 Å². The topological polar surface area (TPSA) is 43.4 Å². The van der Waals surface area contributed by atoms with Gasteiger partial charge in [-0.25, -0.2) is 0 Å². The highest BCUT2D eigenvalue weighted by Crippen LogP contribution is 2.30. The number of aryl methyl sites for hydroxylation is 1. The summed E-state index contributed by atoms with van der Waals surface area (Å²) in [5, 5.41) is 3.35. The highest BCUT2D eigenvalue weighted by molar-refractivity contribution is 9.10. The number of aromatic nitrogens is 1. The molecule has 0 saturated heterocycles. The largest absolute Gasteiger partial charge is 0.493 e. The summed E-state index contributed by atoms with van der Waals surface area (Å²) in [7, 11) is 3.23. The number of rotatable bonds is 5. The van der Waals surface area contributed by atoms with Crippen molar-refractivity contribution in [1.82, 2.24) is 4.98 Å². The molecule has 1 aromatic carbocycles. The van der Waals surface area contributed by atoms with Gasteiger partial charge in [0.15, 0.2) is 11.5 Å². The maximum atomic E-state index is 5.37. The minimum absolute atomic E-state index is 0.558. The number of nitrogens with zero attached hydrogens (tertiary/aromatic N) is 1. The summed E-state index contributed by atoms with van der Waals surface area (Å²) in [6.45, 7) is 2.62. The number of hydrogen-bond donors (Lipinski definition) is 1. The molecule has 106 valence electrons. The van der Waals surface area contributed by atoms with Crippen LogP contribution in [0, 0.1) is 6.92 Å². The van der Waals surface area contributed by atoms with Crippen LogP contribution in [0.25, 0.3) is 0 Å². The lowest BCUT2D eigenvalue weighted by Gasteiger charge is -2.13. The number of methoxy groups -OCH3 is 2. The summed E-state index contributed by atoms with van der Waals surface area (Å²) >= 11 is 3.53. The van der Waals surface area contributed by atoms with Crippen molar-refractivity contribution in [2.75, 3.05) is 19.5 Å². The van der Waals surface area contributed by atoms with E-state index in [-0.39, 0.29) is 0 Å². The summed E-state index contributed by atoms with van der Waals surface area (Å²) in [6, 6.07) is 7.94. The van der Waals surface area contributed by atoms with Crippen LogP contribution >= 0.6 is 15.9 Å². The number of nitrogens with one attached hydrogen (secondary N) is 1. The van der Waals surface area contributed by atoms with Gasteiger partial charge in [0, 0.05) is 22.4 Å². The first kappa shape index (κ1) is 14.7. The van der Waals surface area contributed by atoms with Crippen LogP contribution < -0.4 is 14.8 Å². The van der Waals surface area contributed by atoms with Crippen molar-refractivity contribution >= 4 is 21.6 Å². The fourth-order valence-electron chi connectivity index (χ4n) is 1.93. The molecule has 1 aromatic heterocycles. The predicted octanol–water partition coefficient (Wildman–Crippen LogP) is 3.78. The Bertz CT molecular complexity index is 602. The fraction of sp³-hybridized carbons (Fsp3) is 0.267. The van der Waals surface area contributed by atoms with Gasteiger partial charge in [0.05, 0.1) is 20.8 Å². The number of halogens is 1. The molecule has 0 bridgehead atoms. The summed E-state index contributed by atoms with van der Waals surface area (Å²) in [5.74, 6) is 1.34. The van der Waals surface area contributed by atoms with E-state index in [9.17, 15) is 0 Å². The monoisotopic (exact) mass is 336 g/mol. The molecular weight excluding hydrogens is 320 g/mol. The van der Waals surface area contributed by atoms with Gasteiger partial charge in [0.2, 0.25) is 0 Å². The maximum Gasteiger partial charge on any atom is 0.184 e. The van der Waals surface area contributed by atoms with E-state index in [1.807, 2.05) is 6.07 Å². The van der Waals surface area contributed by atoms with Crippen LogP contribution in [0.15, 0.2) is 34.9 Å². The molecule has 0 atom stereocenters. The lowest BCUT2D eigenvalue weighted by molar-refractivity contribution is 0.350. The second-order valence-electron chi connectivity index (χ2n) is 4.33. The summed E-state index contributed by atoms with van der Waals surface area (Å²) in [6.07, 6.45) is 1.71. The van der Waals surface area contributed by atoms with E-state index in [1.165, 1.54) is 5.56 Å². The van der Waals surface area contributed by atoms with Gasteiger partial charge in [0.25, 0.3) is 0 Å². The first-order valence-electron chi connectivity index (χ1n) is 6.21. The molecule has 0 spiro atoms. The van der Waals surface area contributed by atoms with Gasteiger partial charge in [-0.3, -0.25) is 4.98 Å². The molecule has 0 aliphatic heterocycles. The van der Waals surface area contributed by atoms with Crippen molar-refractivity contribution in [3.8, 4) is 11.5 Å². The number of benzene rings is 1. The van der Waals surface area contributed by atoms with Crippen molar-refractivity contribution in [1.29, 1.82) is 0 Å². The molecule has 20 heavy (non-hydrogen) atoms. The average Bonchev–Trinajstić information content (AvgIpc) is 2.47. The lowest BCUT2D eigenvalue weighted by atomic mass is 10.2. The van der Waals surface area contributed by atoms with E-state index in [2.05, 4.69) is 45.3 Å². The third-order valence-electron chi connectivity index (χ3n) is 2.93. The molecule has 0 aliphatic rings. The second kappa shape index (κ2) is 6.61. The first-order chi connectivity index (χ1) is 9.65. The molecule has 5 heteroatoms. The maximum absolute atomic E-state index is 5.37. The van der Waals surface area contributed by atoms with E-state index in [1.54, 1.807) is 26.5 Å². The lowest BCUT2D eigenvalue weighted by Crippen LogP contribution is -2.05. The van der Waals surface area contributed by atoms with Crippen LogP contribution in [0.2, 0.25) is 0 Å². The van der Waals surface area contributed by atoms with Crippen molar-refractivity contribution in [2.24, 2.45) is 0 Å². The standard InChI is InChI=1S/C15H17BrN2O2/c1-10-4-5-11(16)12(8-10)18-9-13-15(20-3)14(19-2)6-7-17-13/h4-8,18H,9H2,1-3H3. The Morgan fingerprint density at radius 3 is 2.70 bits per heavy atom. The summed E-state index contributed by atoms with van der Waals surface area (Å²) < 4.78 is 11.7. The van der Waals surface area contributed by atoms with Crippen LogP contribution in [0.1, 0.15) is 11.3 Å². The molecule has 0 unspecified atom stereocenters. The Balaban J connectivity index is 2.20. The molecule has 0 fully saturated rings. The zero-order chi connectivity index (χ0) is 14.5. The highest BCUT2D eigenvalue weighted by Gasteiger charge is 2.11. The van der Waals surface area contributed by atoms with Gasteiger partial charge in [-0.2, -0.15) is 0 Å². The number of pyridine rings is 1. The Morgan fingerprint density at radius 1 is 1.20 bits per heavy atom. The third-order valence-corrected chi connectivity index (χ3v) is 3.63. The molecule has 4 nitrogen and oxygen atoms in total. The molecule has 0 saturated carbocycles. The number of hydrogen-bond acceptors (Lipinski definition) is 4. The van der Waals surface area contributed by atoms with E-state index >= 15 is 0 Å². The second-order valence-corrected chi connectivity index (χ2v) is 5.18. The van der Waals surface area contributed by atoms with Gasteiger partial charge in [0.1, 0.15) is 5.69 Å². The quantitative estimate of drug-likeness (QED) is 0.902. The van der Waals surface area contributed by atoms with E-state index in [4.69, 9.17) is 9.47 Å². The first-order valence-corrected chi connectivity index (χ1v) is 7.01. The van der Waals surface area contributed by atoms with E-state index in [0.717, 1.165) is 15.9 Å². The Hall–Kier alpha value is -1.75. The highest BCUT2D eigenvalue weighted by atomic mass is 79.9. The van der Waals surface area contributed by atoms with Crippen LogP contribution in [-0.4, -0.2) is 19.2 Å². The van der Waals surface area contributed by atoms with Crippen LogP contribution in [-0.2, 0) is 6.54 Å². The van der Waals surface area contributed by atoms with Gasteiger partial charge in [-0.15, -0.1) is 0 Å². The summed E-state index contributed by atoms with van der Waals surface area (Å²) in [4.78, 5) is 4.34. The SMILES string of the molecule is COc1ccnc(CNc2cc(C)ccc2Br)c1OC. The van der Waals surface area contributed by atoms with Gasteiger partial charge < -0.3 is 14.8 Å². The predicted molar refractivity (Wildman–Crippen MR) is 83.5 cm³/mol. The van der Waals surface area contributed by atoms with Crippen molar-refractivity contribution in [3.63, 3.8) is 0 Å². The number of ether oxygens (including phenoxy) is 2. The zero-order valence-corrected chi connectivity index (χ0v) is 13.3. The van der Waals surface area contributed by atoms with Gasteiger partial charge >= 0.3 is 0 Å². The van der Waals surface area contributed by atoms with E-state index < -0.39 is 0 Å². The van der Waals surface area contributed by atoms with Crippen LogP contribution in [0.5, 0.6) is 11.5 Å². The van der Waals surface area contributed by atoms with Crippen molar-refractivity contribution in [2.45, 2.75) is 13.5 Å². The van der Waals surface area contributed by atoms with Crippen molar-refractivity contribution in [3.05, 3.63) is 46.2 Å². The van der Waals surface area contributed by atoms with E-state index in [0.29, 0.717) is 18.0 Å². The van der Waals surface area contributed by atoms with Gasteiger partial charge in [-0.05, 0) is 40.5 Å². The number of anilines is 1. The molecule has 1 N–H and O–H groups in total. The average molecular weight is 337 g/mol. The molecular formula is C15H17BrN2O2. The Labute approximate surface area is 127 Å². The fourth-order valence-corrected chi connectivity index (χ4v) is 2.32. The third kappa shape index (κ3) is 3.22. The molecule has 1 heterocycles. The van der Waals surface area contributed by atoms with Gasteiger partial charge in [-0.1, -0.05) is 6.07 Å². The summed E-state index contributed by atoms with van der Waals surface area (Å²) in [5.41, 5.74) is 3.03. The molecule has 0 aliphatic carbocycles. The minimum atomic E-state index is 0.558. The molecule has 0 amide bonds.